The summed E-state index contributed by atoms with van der Waals surface area (Å²) in [6.07, 6.45) is 33.0. The second-order valence-electron chi connectivity index (χ2n) is 12.5. The van der Waals surface area contributed by atoms with Crippen molar-refractivity contribution in [1.29, 1.82) is 0 Å². The maximum atomic E-state index is 10.3. The number of hydrogen-bond donors (Lipinski definition) is 2. The van der Waals surface area contributed by atoms with Gasteiger partial charge in [-0.1, -0.05) is 181 Å². The first-order chi connectivity index (χ1) is 20.3. The average Bonchev–Trinajstić information content (AvgIpc) is 2.93. The molecule has 0 aliphatic carbocycles. The molecule has 0 rings (SSSR count). The van der Waals surface area contributed by atoms with E-state index in [9.17, 15) is 30.0 Å². The van der Waals surface area contributed by atoms with Gasteiger partial charge >= 0.3 is 23.1 Å². The van der Waals surface area contributed by atoms with Crippen molar-refractivity contribution >= 4 is 35.0 Å². The van der Waals surface area contributed by atoms with E-state index in [0.29, 0.717) is 12.8 Å². The van der Waals surface area contributed by atoms with Crippen molar-refractivity contribution in [2.75, 3.05) is 0 Å². The molecular weight excluding hydrogens is 553 g/mol. The Morgan fingerprint density at radius 1 is 0.419 bits per heavy atom. The van der Waals surface area contributed by atoms with Gasteiger partial charge in [0.25, 0.3) is 0 Å². The maximum Gasteiger partial charge on any atom is 2.00 e. The zero-order valence-corrected chi connectivity index (χ0v) is 30.0. The van der Waals surface area contributed by atoms with Gasteiger partial charge in [-0.05, 0) is 12.8 Å². The second kappa shape index (κ2) is 39.7. The molecule has 0 radical (unpaired) electrons. The molecule has 0 fully saturated rings. The van der Waals surface area contributed by atoms with Crippen LogP contribution in [0.2, 0.25) is 0 Å². The minimum absolute atomic E-state index is 0. The zero-order valence-electron chi connectivity index (χ0n) is 28.6. The van der Waals surface area contributed by atoms with E-state index in [1.165, 1.54) is 141 Å². The molecular formula is C36H70MgO6. The van der Waals surface area contributed by atoms with E-state index in [4.69, 9.17) is 0 Å². The molecule has 2 N–H and O–H groups in total. The van der Waals surface area contributed by atoms with Gasteiger partial charge in [-0.25, -0.2) is 0 Å². The summed E-state index contributed by atoms with van der Waals surface area (Å²) >= 11 is 0. The summed E-state index contributed by atoms with van der Waals surface area (Å²) in [5, 5.41) is 39.3. The summed E-state index contributed by atoms with van der Waals surface area (Å²) in [5.41, 5.74) is 0. The Kier molecular flexibility index (Phi) is 43.4. The molecule has 7 heteroatoms. The van der Waals surface area contributed by atoms with Crippen molar-refractivity contribution in [3.8, 4) is 0 Å². The molecule has 2 atom stereocenters. The Bertz CT molecular complexity index is 512. The van der Waals surface area contributed by atoms with E-state index in [1.807, 2.05) is 0 Å². The first kappa shape index (κ1) is 47.0. The summed E-state index contributed by atoms with van der Waals surface area (Å²) in [6.45, 7) is 4.51. The number of carboxylic acids is 2. The number of aliphatic hydroxyl groups excluding tert-OH is 2. The molecule has 0 aromatic heterocycles. The first-order valence-electron chi connectivity index (χ1n) is 18.1. The molecule has 0 aliphatic rings. The Labute approximate surface area is 282 Å². The number of aliphatic carboxylic acids is 2. The van der Waals surface area contributed by atoms with Gasteiger partial charge in [0.1, 0.15) is 0 Å². The van der Waals surface area contributed by atoms with Crippen LogP contribution in [0.3, 0.4) is 0 Å². The van der Waals surface area contributed by atoms with Crippen LogP contribution < -0.4 is 10.2 Å². The average molecular weight is 623 g/mol. The van der Waals surface area contributed by atoms with Crippen molar-refractivity contribution < 1.29 is 30.0 Å². The molecule has 43 heavy (non-hydrogen) atoms. The number of carboxylic acid groups (broad SMARTS) is 2. The van der Waals surface area contributed by atoms with Crippen LogP contribution in [-0.2, 0) is 9.59 Å². The molecule has 0 saturated heterocycles. The van der Waals surface area contributed by atoms with Gasteiger partial charge in [-0.2, -0.15) is 0 Å². The number of rotatable bonds is 32. The molecule has 252 valence electrons. The van der Waals surface area contributed by atoms with E-state index < -0.39 is 24.1 Å². The monoisotopic (exact) mass is 623 g/mol. The van der Waals surface area contributed by atoms with E-state index >= 15 is 0 Å². The smallest absolute Gasteiger partial charge is 0.550 e. The Morgan fingerprint density at radius 3 is 0.791 bits per heavy atom. The third kappa shape index (κ3) is 46.2. The van der Waals surface area contributed by atoms with Crippen LogP contribution in [0.1, 0.15) is 206 Å². The molecule has 6 nitrogen and oxygen atoms in total. The number of carbonyl (C=O) groups excluding carboxylic acids is 2. The maximum absolute atomic E-state index is 10.3. The van der Waals surface area contributed by atoms with E-state index in [2.05, 4.69) is 13.8 Å². The van der Waals surface area contributed by atoms with Crippen molar-refractivity contribution in [3.63, 3.8) is 0 Å². The minimum atomic E-state index is -1.16. The van der Waals surface area contributed by atoms with Crippen molar-refractivity contribution in [1.82, 2.24) is 0 Å². The Morgan fingerprint density at radius 2 is 0.605 bits per heavy atom. The van der Waals surface area contributed by atoms with Gasteiger partial charge in [-0.3, -0.25) is 0 Å². The van der Waals surface area contributed by atoms with Crippen LogP contribution in [0.15, 0.2) is 0 Å². The van der Waals surface area contributed by atoms with Crippen LogP contribution in [0.25, 0.3) is 0 Å². The van der Waals surface area contributed by atoms with Crippen molar-refractivity contribution in [2.24, 2.45) is 0 Å². The standard InChI is InChI=1S/2C18H36O3.Mg/c2*1-2-3-4-5-6-7-8-9-10-11-12-13-14-15-17(19)16-18(20)21;/h2*17,19H,2-16H2,1H3,(H,20,21);/q;;+2/p-2. The fraction of sp³-hybridized carbons (Fsp3) is 0.944. The SMILES string of the molecule is CCCCCCCCCCCCCCCC(O)CC(=O)[O-].CCCCCCCCCCCCCCCC(O)CC(=O)[O-].[Mg+2]. The predicted molar refractivity (Wildman–Crippen MR) is 178 cm³/mol. The van der Waals surface area contributed by atoms with E-state index in [1.54, 1.807) is 0 Å². The fourth-order valence-electron chi connectivity index (χ4n) is 5.38. The summed E-state index contributed by atoms with van der Waals surface area (Å²) < 4.78 is 0. The van der Waals surface area contributed by atoms with Crippen LogP contribution in [0, 0.1) is 0 Å². The van der Waals surface area contributed by atoms with Gasteiger partial charge in [0.15, 0.2) is 0 Å². The molecule has 0 amide bonds. The largest absolute Gasteiger partial charge is 2.00 e. The number of carbonyl (C=O) groups is 2. The third-order valence-corrected chi connectivity index (χ3v) is 8.09. The van der Waals surface area contributed by atoms with Crippen molar-refractivity contribution in [2.45, 2.75) is 219 Å². The summed E-state index contributed by atoms with van der Waals surface area (Å²) in [6, 6.07) is 0. The second-order valence-corrected chi connectivity index (χ2v) is 12.5. The van der Waals surface area contributed by atoms with Crippen molar-refractivity contribution in [3.05, 3.63) is 0 Å². The normalized spacial score (nSPS) is 12.2. The Hall–Kier alpha value is -0.374. The molecule has 0 saturated carbocycles. The number of aliphatic hydroxyl groups is 2. The quantitative estimate of drug-likeness (QED) is 0.0590. The van der Waals surface area contributed by atoms with E-state index in [0.717, 1.165) is 25.7 Å². The molecule has 2 unspecified atom stereocenters. The summed E-state index contributed by atoms with van der Waals surface area (Å²) in [5.74, 6) is -2.31. The number of hydrogen-bond acceptors (Lipinski definition) is 6. The molecule has 0 heterocycles. The zero-order chi connectivity index (χ0) is 31.5. The van der Waals surface area contributed by atoms with Crippen LogP contribution in [0.5, 0.6) is 0 Å². The van der Waals surface area contributed by atoms with Crippen LogP contribution in [0.4, 0.5) is 0 Å². The molecule has 0 spiro atoms. The van der Waals surface area contributed by atoms with Gasteiger partial charge in [0, 0.05) is 24.8 Å². The van der Waals surface area contributed by atoms with Crippen LogP contribution >= 0.6 is 0 Å². The molecule has 0 aliphatic heterocycles. The van der Waals surface area contributed by atoms with Gasteiger partial charge in [-0.15, -0.1) is 0 Å². The number of unbranched alkanes of at least 4 members (excludes halogenated alkanes) is 24. The summed E-state index contributed by atoms with van der Waals surface area (Å²) in [7, 11) is 0. The molecule has 0 aromatic rings. The summed E-state index contributed by atoms with van der Waals surface area (Å²) in [4.78, 5) is 20.5. The predicted octanol–water partition coefficient (Wildman–Crippen LogP) is 7.56. The third-order valence-electron chi connectivity index (χ3n) is 8.09. The first-order valence-corrected chi connectivity index (χ1v) is 18.1. The minimum Gasteiger partial charge on any atom is -0.550 e. The van der Waals surface area contributed by atoms with Gasteiger partial charge in [0.2, 0.25) is 0 Å². The molecule has 0 aromatic carbocycles. The fourth-order valence-corrected chi connectivity index (χ4v) is 5.38. The van der Waals surface area contributed by atoms with Gasteiger partial charge < -0.3 is 30.0 Å². The van der Waals surface area contributed by atoms with Crippen LogP contribution in [-0.4, -0.2) is 57.4 Å². The van der Waals surface area contributed by atoms with E-state index in [-0.39, 0.29) is 35.9 Å². The Balaban J connectivity index is -0.000000727. The molecule has 0 bridgehead atoms. The van der Waals surface area contributed by atoms with Gasteiger partial charge in [0.05, 0.1) is 12.2 Å². The topological polar surface area (TPSA) is 121 Å².